The summed E-state index contributed by atoms with van der Waals surface area (Å²) in [7, 11) is 0. The fourth-order valence-corrected chi connectivity index (χ4v) is 4.29. The van der Waals surface area contributed by atoms with E-state index in [1.165, 1.54) is 0 Å². The van der Waals surface area contributed by atoms with E-state index in [0.29, 0.717) is 51.4 Å². The van der Waals surface area contributed by atoms with E-state index in [1.807, 2.05) is 0 Å². The average Bonchev–Trinajstić information content (AvgIpc) is 3.73. The van der Waals surface area contributed by atoms with Crippen molar-refractivity contribution in [3.63, 3.8) is 0 Å². The van der Waals surface area contributed by atoms with E-state index >= 15 is 0 Å². The first-order valence-corrected chi connectivity index (χ1v) is 13.5. The van der Waals surface area contributed by atoms with Crippen LogP contribution in [0.2, 0.25) is 0 Å². The summed E-state index contributed by atoms with van der Waals surface area (Å²) in [6.45, 7) is -0.295. The van der Waals surface area contributed by atoms with Gasteiger partial charge in [-0.1, -0.05) is 0 Å². The zero-order chi connectivity index (χ0) is 25.7. The second-order valence-electron chi connectivity index (χ2n) is 11.2. The Hall–Kier alpha value is -2.69. The summed E-state index contributed by atoms with van der Waals surface area (Å²) in [5, 5.41) is 0. The van der Waals surface area contributed by atoms with Crippen molar-refractivity contribution >= 4 is 29.8 Å². The molecule has 11 heteroatoms. The number of ether oxygens (including phenoxy) is 6. The van der Waals surface area contributed by atoms with Gasteiger partial charge in [0.05, 0.1) is 29.6 Å². The second-order valence-corrected chi connectivity index (χ2v) is 11.2. The van der Waals surface area contributed by atoms with E-state index in [4.69, 9.17) is 28.4 Å². The number of hydrogen-bond acceptors (Lipinski definition) is 11. The summed E-state index contributed by atoms with van der Waals surface area (Å²) in [6.07, 6.45) is 0.581. The minimum atomic E-state index is -1.41. The van der Waals surface area contributed by atoms with Crippen molar-refractivity contribution in [2.45, 2.75) is 94.9 Å². The van der Waals surface area contributed by atoms with Crippen LogP contribution in [0.5, 0.6) is 0 Å². The van der Waals surface area contributed by atoms with Crippen molar-refractivity contribution in [2.75, 3.05) is 6.61 Å². The van der Waals surface area contributed by atoms with Crippen LogP contribution in [0.1, 0.15) is 64.2 Å². The largest absolute Gasteiger partial charge is 0.463 e. The Morgan fingerprint density at radius 2 is 0.865 bits per heavy atom. The molecule has 0 amide bonds. The van der Waals surface area contributed by atoms with E-state index in [1.54, 1.807) is 0 Å². The summed E-state index contributed by atoms with van der Waals surface area (Å²) >= 11 is 0. The zero-order valence-electron chi connectivity index (χ0n) is 20.5. The van der Waals surface area contributed by atoms with Crippen LogP contribution in [-0.4, -0.2) is 67.2 Å². The SMILES string of the molecule is O=C(OC[C@H]1OC(OC(=O)C2CC2)[C@H](OC(=O)C2CC2)[C@@H](OC(=O)C2CC2)[C@@H]1OC(=O)C1CC1)C1CC1. The first-order chi connectivity index (χ1) is 17.9. The molecule has 202 valence electrons. The molecule has 1 heterocycles. The van der Waals surface area contributed by atoms with Crippen molar-refractivity contribution in [1.29, 1.82) is 0 Å². The van der Waals surface area contributed by atoms with Gasteiger partial charge >= 0.3 is 29.8 Å². The van der Waals surface area contributed by atoms with E-state index in [2.05, 4.69) is 0 Å². The van der Waals surface area contributed by atoms with Crippen LogP contribution in [-0.2, 0) is 52.4 Å². The lowest BCUT2D eigenvalue weighted by Crippen LogP contribution is -2.63. The zero-order valence-corrected chi connectivity index (χ0v) is 20.5. The van der Waals surface area contributed by atoms with Crippen LogP contribution in [0.4, 0.5) is 0 Å². The lowest BCUT2D eigenvalue weighted by molar-refractivity contribution is -0.302. The Morgan fingerprint density at radius 1 is 0.486 bits per heavy atom. The van der Waals surface area contributed by atoms with E-state index in [-0.39, 0.29) is 36.2 Å². The van der Waals surface area contributed by atoms with Gasteiger partial charge in [-0.3, -0.25) is 24.0 Å². The quantitative estimate of drug-likeness (QED) is 0.290. The molecule has 37 heavy (non-hydrogen) atoms. The Bertz CT molecular complexity index is 958. The third-order valence-corrected chi connectivity index (χ3v) is 7.52. The van der Waals surface area contributed by atoms with Gasteiger partial charge in [-0.05, 0) is 64.2 Å². The van der Waals surface area contributed by atoms with Gasteiger partial charge in [-0.15, -0.1) is 0 Å². The smallest absolute Gasteiger partial charge is 0.311 e. The van der Waals surface area contributed by atoms with E-state index in [0.717, 1.165) is 12.8 Å². The van der Waals surface area contributed by atoms with Crippen molar-refractivity contribution in [2.24, 2.45) is 29.6 Å². The highest BCUT2D eigenvalue weighted by atomic mass is 16.7. The standard InChI is InChI=1S/C26H32O11/c27-21(12-1-2-12)32-11-17-18(34-22(28)13-3-4-13)19(35-23(29)14-5-6-14)20(36-24(30)15-7-8-15)26(33-17)37-25(31)16-9-10-16/h12-20,26H,1-11H2/t17-,18-,19+,20-,26?/m1/s1. The summed E-state index contributed by atoms with van der Waals surface area (Å²) in [4.78, 5) is 63.1. The maximum atomic E-state index is 12.8. The molecule has 5 aliphatic carbocycles. The molecule has 0 spiro atoms. The fraction of sp³-hybridized carbons (Fsp3) is 0.808. The molecule has 0 aromatic heterocycles. The summed E-state index contributed by atoms with van der Waals surface area (Å²) in [5.74, 6) is -3.70. The van der Waals surface area contributed by atoms with E-state index < -0.39 is 60.6 Å². The van der Waals surface area contributed by atoms with Crippen LogP contribution >= 0.6 is 0 Å². The number of carbonyl (C=O) groups excluding carboxylic acids is 5. The minimum absolute atomic E-state index is 0.171. The number of carbonyl (C=O) groups is 5. The molecule has 1 aliphatic heterocycles. The molecular formula is C26H32O11. The van der Waals surface area contributed by atoms with E-state index in [9.17, 15) is 24.0 Å². The summed E-state index contributed by atoms with van der Waals surface area (Å²) < 4.78 is 34.4. The molecule has 5 saturated carbocycles. The molecule has 6 fully saturated rings. The highest BCUT2D eigenvalue weighted by Gasteiger charge is 2.57. The maximum absolute atomic E-state index is 12.8. The third-order valence-electron chi connectivity index (χ3n) is 7.52. The Labute approximate surface area is 213 Å². The highest BCUT2D eigenvalue weighted by Crippen LogP contribution is 2.40. The van der Waals surface area contributed by atoms with Crippen LogP contribution < -0.4 is 0 Å². The van der Waals surface area contributed by atoms with Crippen LogP contribution in [0.15, 0.2) is 0 Å². The molecule has 1 saturated heterocycles. The molecule has 1 unspecified atom stereocenters. The van der Waals surface area contributed by atoms with Gasteiger partial charge < -0.3 is 28.4 Å². The third kappa shape index (κ3) is 6.08. The van der Waals surface area contributed by atoms with Crippen molar-refractivity contribution in [1.82, 2.24) is 0 Å². The minimum Gasteiger partial charge on any atom is -0.463 e. The Kier molecular flexibility index (Phi) is 6.58. The lowest BCUT2D eigenvalue weighted by Gasteiger charge is -2.44. The fourth-order valence-electron chi connectivity index (χ4n) is 4.29. The van der Waals surface area contributed by atoms with Gasteiger partial charge in [0.2, 0.25) is 12.4 Å². The molecule has 5 atom stereocenters. The predicted octanol–water partition coefficient (Wildman–Crippen LogP) is 1.58. The number of hydrogen-bond donors (Lipinski definition) is 0. The molecule has 11 nitrogen and oxygen atoms in total. The second kappa shape index (κ2) is 9.89. The lowest BCUT2D eigenvalue weighted by atomic mass is 9.97. The van der Waals surface area contributed by atoms with Gasteiger partial charge in [0.25, 0.3) is 0 Å². The maximum Gasteiger partial charge on any atom is 0.311 e. The molecular weight excluding hydrogens is 488 g/mol. The van der Waals surface area contributed by atoms with Gasteiger partial charge in [-0.25, -0.2) is 0 Å². The predicted molar refractivity (Wildman–Crippen MR) is 119 cm³/mol. The number of esters is 5. The molecule has 0 N–H and O–H groups in total. The molecule has 0 radical (unpaired) electrons. The Balaban J connectivity index is 1.28. The van der Waals surface area contributed by atoms with Crippen LogP contribution in [0.3, 0.4) is 0 Å². The first-order valence-electron chi connectivity index (χ1n) is 13.5. The van der Waals surface area contributed by atoms with Crippen LogP contribution in [0.25, 0.3) is 0 Å². The van der Waals surface area contributed by atoms with Gasteiger partial charge in [0, 0.05) is 0 Å². The summed E-state index contributed by atoms with van der Waals surface area (Å²) in [5.41, 5.74) is 0. The Morgan fingerprint density at radius 3 is 1.32 bits per heavy atom. The van der Waals surface area contributed by atoms with Crippen molar-refractivity contribution < 1.29 is 52.4 Å². The van der Waals surface area contributed by atoms with Crippen LogP contribution in [0, 0.1) is 29.6 Å². The van der Waals surface area contributed by atoms with Crippen molar-refractivity contribution in [3.05, 3.63) is 0 Å². The van der Waals surface area contributed by atoms with Gasteiger partial charge in [0.1, 0.15) is 12.7 Å². The molecule has 0 aromatic rings. The molecule has 0 aromatic carbocycles. The normalized spacial score (nSPS) is 33.1. The number of rotatable bonds is 11. The molecule has 0 bridgehead atoms. The van der Waals surface area contributed by atoms with Gasteiger partial charge in [-0.2, -0.15) is 0 Å². The highest BCUT2D eigenvalue weighted by molar-refractivity contribution is 5.78. The monoisotopic (exact) mass is 520 g/mol. The summed E-state index contributed by atoms with van der Waals surface area (Å²) in [6, 6.07) is 0. The molecule has 6 aliphatic rings. The van der Waals surface area contributed by atoms with Crippen molar-refractivity contribution in [3.8, 4) is 0 Å². The van der Waals surface area contributed by atoms with Gasteiger partial charge in [0.15, 0.2) is 12.2 Å². The molecule has 6 rings (SSSR count). The average molecular weight is 521 g/mol. The topological polar surface area (TPSA) is 141 Å². The first kappa shape index (κ1) is 24.6.